The lowest BCUT2D eigenvalue weighted by Gasteiger charge is -2.37. The number of aryl methyl sites for hydroxylation is 2. The monoisotopic (exact) mass is 301 g/mol. The molecule has 0 radical (unpaired) electrons. The second-order valence-electron chi connectivity index (χ2n) is 5.64. The molecule has 2 aromatic rings. The highest BCUT2D eigenvalue weighted by atomic mass is 32.1. The van der Waals surface area contributed by atoms with E-state index in [1.165, 1.54) is 22.6 Å². The maximum Gasteiger partial charge on any atom is 0.345 e. The largest absolute Gasteiger partial charge is 0.477 e. The van der Waals surface area contributed by atoms with Crippen LogP contribution in [-0.4, -0.2) is 17.1 Å². The molecule has 0 spiro atoms. The molecule has 110 valence electrons. The standard InChI is InChI=1S/C17H19NO2S/c1-11-7-8-13-5-3-4-6-15(13)18(11)10-14-9-16(17(19)20)21-12(14)2/h3-6,9,11H,7-8,10H2,1-2H3,(H,19,20). The second kappa shape index (κ2) is 5.53. The van der Waals surface area contributed by atoms with Gasteiger partial charge in [0.1, 0.15) is 4.88 Å². The maximum absolute atomic E-state index is 11.1. The zero-order valence-corrected chi connectivity index (χ0v) is 13.1. The van der Waals surface area contributed by atoms with E-state index in [1.807, 2.05) is 13.0 Å². The fraction of sp³-hybridized carbons (Fsp3) is 0.353. The molecule has 0 saturated carbocycles. The van der Waals surface area contributed by atoms with Crippen LogP contribution in [0.25, 0.3) is 0 Å². The van der Waals surface area contributed by atoms with Crippen molar-refractivity contribution in [1.82, 2.24) is 0 Å². The van der Waals surface area contributed by atoms with Gasteiger partial charge < -0.3 is 10.0 Å². The van der Waals surface area contributed by atoms with Crippen molar-refractivity contribution in [3.8, 4) is 0 Å². The SMILES string of the molecule is Cc1sc(C(=O)O)cc1CN1c2ccccc2CCC1C. The van der Waals surface area contributed by atoms with Gasteiger partial charge >= 0.3 is 5.97 Å². The number of hydrogen-bond acceptors (Lipinski definition) is 3. The highest BCUT2D eigenvalue weighted by Crippen LogP contribution is 2.33. The van der Waals surface area contributed by atoms with Crippen LogP contribution in [0.5, 0.6) is 0 Å². The minimum atomic E-state index is -0.832. The normalized spacial score (nSPS) is 17.6. The van der Waals surface area contributed by atoms with Crippen LogP contribution in [0.15, 0.2) is 30.3 Å². The molecule has 1 aliphatic heterocycles. The Morgan fingerprint density at radius 3 is 2.90 bits per heavy atom. The molecule has 0 bridgehead atoms. The topological polar surface area (TPSA) is 40.5 Å². The second-order valence-corrected chi connectivity index (χ2v) is 6.90. The molecule has 1 N–H and O–H groups in total. The highest BCUT2D eigenvalue weighted by molar-refractivity contribution is 7.14. The van der Waals surface area contributed by atoms with Crippen LogP contribution in [0, 0.1) is 6.92 Å². The molecule has 1 aliphatic rings. The average Bonchev–Trinajstić information content (AvgIpc) is 2.84. The molecule has 4 heteroatoms. The Morgan fingerprint density at radius 2 is 2.19 bits per heavy atom. The van der Waals surface area contributed by atoms with E-state index >= 15 is 0 Å². The number of carboxylic acid groups (broad SMARTS) is 1. The highest BCUT2D eigenvalue weighted by Gasteiger charge is 2.24. The van der Waals surface area contributed by atoms with E-state index in [0.29, 0.717) is 10.9 Å². The van der Waals surface area contributed by atoms with Crippen LogP contribution in [0.3, 0.4) is 0 Å². The molecule has 1 aromatic carbocycles. The summed E-state index contributed by atoms with van der Waals surface area (Å²) in [5.74, 6) is -0.832. The molecule has 0 aliphatic carbocycles. The summed E-state index contributed by atoms with van der Waals surface area (Å²) in [5.41, 5.74) is 3.81. The van der Waals surface area contributed by atoms with Crippen LogP contribution >= 0.6 is 11.3 Å². The summed E-state index contributed by atoms with van der Waals surface area (Å²) in [6.45, 7) is 5.04. The smallest absolute Gasteiger partial charge is 0.345 e. The lowest BCUT2D eigenvalue weighted by Crippen LogP contribution is -2.36. The molecule has 0 saturated heterocycles. The summed E-state index contributed by atoms with van der Waals surface area (Å²) < 4.78 is 0. The number of rotatable bonds is 3. The summed E-state index contributed by atoms with van der Waals surface area (Å²) in [6, 6.07) is 10.8. The Balaban J connectivity index is 1.92. The number of carboxylic acids is 1. The summed E-state index contributed by atoms with van der Waals surface area (Å²) in [5, 5.41) is 9.14. The van der Waals surface area contributed by atoms with Gasteiger partial charge in [0.15, 0.2) is 0 Å². The van der Waals surface area contributed by atoms with Crippen molar-refractivity contribution in [1.29, 1.82) is 0 Å². The maximum atomic E-state index is 11.1. The molecule has 21 heavy (non-hydrogen) atoms. The molecule has 0 amide bonds. The van der Waals surface area contributed by atoms with Gasteiger partial charge in [-0.15, -0.1) is 11.3 Å². The van der Waals surface area contributed by atoms with Gasteiger partial charge in [0.2, 0.25) is 0 Å². The molecule has 1 atom stereocenters. The lowest BCUT2D eigenvalue weighted by atomic mass is 9.96. The lowest BCUT2D eigenvalue weighted by molar-refractivity contribution is 0.0702. The van der Waals surface area contributed by atoms with E-state index in [4.69, 9.17) is 5.11 Å². The Kier molecular flexibility index (Phi) is 3.72. The van der Waals surface area contributed by atoms with Crippen molar-refractivity contribution < 1.29 is 9.90 Å². The minimum absolute atomic E-state index is 0.431. The molecule has 3 rings (SSSR count). The van der Waals surface area contributed by atoms with Crippen molar-refractivity contribution >= 4 is 23.0 Å². The van der Waals surface area contributed by atoms with Gasteiger partial charge in [-0.3, -0.25) is 0 Å². The van der Waals surface area contributed by atoms with E-state index < -0.39 is 5.97 Å². The van der Waals surface area contributed by atoms with E-state index in [0.717, 1.165) is 29.8 Å². The Hall–Kier alpha value is -1.81. The van der Waals surface area contributed by atoms with Crippen LogP contribution in [-0.2, 0) is 13.0 Å². The molecule has 0 fully saturated rings. The number of thiophene rings is 1. The summed E-state index contributed by atoms with van der Waals surface area (Å²) in [7, 11) is 0. The molecular weight excluding hydrogens is 282 g/mol. The summed E-state index contributed by atoms with van der Waals surface area (Å²) >= 11 is 1.37. The Labute approximate surface area is 128 Å². The van der Waals surface area contributed by atoms with Crippen LogP contribution in [0.1, 0.15) is 39.0 Å². The zero-order chi connectivity index (χ0) is 15.0. The first-order chi connectivity index (χ1) is 10.1. The minimum Gasteiger partial charge on any atom is -0.477 e. The predicted octanol–water partition coefficient (Wildman–Crippen LogP) is 4.10. The molecule has 2 heterocycles. The van der Waals surface area contributed by atoms with Gasteiger partial charge in [-0.2, -0.15) is 0 Å². The molecule has 1 unspecified atom stereocenters. The van der Waals surface area contributed by atoms with Gasteiger partial charge in [-0.1, -0.05) is 18.2 Å². The fourth-order valence-corrected chi connectivity index (χ4v) is 3.84. The van der Waals surface area contributed by atoms with E-state index in [1.54, 1.807) is 0 Å². The van der Waals surface area contributed by atoms with Crippen LogP contribution in [0.4, 0.5) is 5.69 Å². The van der Waals surface area contributed by atoms with Gasteiger partial charge in [-0.25, -0.2) is 4.79 Å². The summed E-state index contributed by atoms with van der Waals surface area (Å²) in [4.78, 5) is 15.1. The molecule has 3 nitrogen and oxygen atoms in total. The Morgan fingerprint density at radius 1 is 1.43 bits per heavy atom. The predicted molar refractivity (Wildman–Crippen MR) is 86.4 cm³/mol. The third-order valence-electron chi connectivity index (χ3n) is 4.24. The number of nitrogens with zero attached hydrogens (tertiary/aromatic N) is 1. The van der Waals surface area contributed by atoms with Crippen molar-refractivity contribution in [2.75, 3.05) is 4.90 Å². The molecule has 1 aromatic heterocycles. The van der Waals surface area contributed by atoms with E-state index in [2.05, 4.69) is 36.1 Å². The van der Waals surface area contributed by atoms with Crippen LogP contribution < -0.4 is 4.90 Å². The number of hydrogen-bond donors (Lipinski definition) is 1. The number of carbonyl (C=O) groups is 1. The third-order valence-corrected chi connectivity index (χ3v) is 5.32. The average molecular weight is 301 g/mol. The van der Waals surface area contributed by atoms with Crippen molar-refractivity contribution in [2.45, 2.75) is 39.3 Å². The van der Waals surface area contributed by atoms with Crippen molar-refractivity contribution in [2.24, 2.45) is 0 Å². The zero-order valence-electron chi connectivity index (χ0n) is 12.3. The number of benzene rings is 1. The van der Waals surface area contributed by atoms with Gasteiger partial charge in [0.25, 0.3) is 0 Å². The molecular formula is C17H19NO2S. The van der Waals surface area contributed by atoms with Gasteiger partial charge in [0.05, 0.1) is 0 Å². The number of anilines is 1. The summed E-state index contributed by atoms with van der Waals surface area (Å²) in [6.07, 6.45) is 2.27. The van der Waals surface area contributed by atoms with Crippen molar-refractivity contribution in [3.63, 3.8) is 0 Å². The van der Waals surface area contributed by atoms with Crippen LogP contribution in [0.2, 0.25) is 0 Å². The number of para-hydroxylation sites is 1. The van der Waals surface area contributed by atoms with E-state index in [9.17, 15) is 4.79 Å². The first-order valence-electron chi connectivity index (χ1n) is 7.23. The first-order valence-corrected chi connectivity index (χ1v) is 8.05. The number of fused-ring (bicyclic) bond motifs is 1. The first kappa shape index (κ1) is 14.1. The van der Waals surface area contributed by atoms with Crippen molar-refractivity contribution in [3.05, 3.63) is 51.2 Å². The quantitative estimate of drug-likeness (QED) is 0.928. The van der Waals surface area contributed by atoms with Gasteiger partial charge in [-0.05, 0) is 49.9 Å². The Bertz CT molecular complexity index is 677. The fourth-order valence-electron chi connectivity index (χ4n) is 2.97. The number of aromatic carboxylic acids is 1. The third kappa shape index (κ3) is 2.68. The van der Waals surface area contributed by atoms with E-state index in [-0.39, 0.29) is 0 Å². The van der Waals surface area contributed by atoms with Gasteiger partial charge in [0, 0.05) is 23.2 Å².